The Labute approximate surface area is 131 Å². The third-order valence-corrected chi connectivity index (χ3v) is 3.57. The standard InChI is InChI=1S/C13H7Br2ClO3/c14-7-2-4-11(10(16)5-7)19-12-6-8(15)1-3-9(12)13(17)18/h1-6H,(H,17,18). The van der Waals surface area contributed by atoms with Gasteiger partial charge in [0.05, 0.1) is 5.02 Å². The van der Waals surface area contributed by atoms with Crippen LogP contribution in [0.15, 0.2) is 45.3 Å². The van der Waals surface area contributed by atoms with E-state index in [0.717, 1.165) is 8.95 Å². The van der Waals surface area contributed by atoms with Gasteiger partial charge in [-0.3, -0.25) is 0 Å². The highest BCUT2D eigenvalue weighted by molar-refractivity contribution is 9.10. The second kappa shape index (κ2) is 5.94. The first-order valence-corrected chi connectivity index (χ1v) is 7.09. The predicted molar refractivity (Wildman–Crippen MR) is 80.3 cm³/mol. The van der Waals surface area contributed by atoms with Crippen molar-refractivity contribution >= 4 is 49.4 Å². The summed E-state index contributed by atoms with van der Waals surface area (Å²) in [6.07, 6.45) is 0. The molecule has 0 atom stereocenters. The quantitative estimate of drug-likeness (QED) is 0.747. The van der Waals surface area contributed by atoms with Crippen LogP contribution in [0.1, 0.15) is 10.4 Å². The second-order valence-electron chi connectivity index (χ2n) is 3.62. The fourth-order valence-electron chi connectivity index (χ4n) is 1.43. The van der Waals surface area contributed by atoms with Crippen LogP contribution in [-0.2, 0) is 0 Å². The van der Waals surface area contributed by atoms with Gasteiger partial charge in [0, 0.05) is 8.95 Å². The summed E-state index contributed by atoms with van der Waals surface area (Å²) in [5.41, 5.74) is 0.0715. The molecule has 0 heterocycles. The van der Waals surface area contributed by atoms with Gasteiger partial charge in [0.1, 0.15) is 17.1 Å². The highest BCUT2D eigenvalue weighted by atomic mass is 79.9. The van der Waals surface area contributed by atoms with Gasteiger partial charge in [-0.05, 0) is 36.4 Å². The van der Waals surface area contributed by atoms with E-state index in [9.17, 15) is 4.79 Å². The van der Waals surface area contributed by atoms with E-state index < -0.39 is 5.97 Å². The number of ether oxygens (including phenoxy) is 1. The van der Waals surface area contributed by atoms with Crippen molar-refractivity contribution in [1.29, 1.82) is 0 Å². The Morgan fingerprint density at radius 2 is 1.68 bits per heavy atom. The van der Waals surface area contributed by atoms with Crippen molar-refractivity contribution in [3.8, 4) is 11.5 Å². The molecule has 0 bridgehead atoms. The highest BCUT2D eigenvalue weighted by Crippen LogP contribution is 2.34. The van der Waals surface area contributed by atoms with Crippen LogP contribution in [-0.4, -0.2) is 11.1 Å². The van der Waals surface area contributed by atoms with Crippen molar-refractivity contribution in [2.24, 2.45) is 0 Å². The molecule has 1 N–H and O–H groups in total. The van der Waals surface area contributed by atoms with Crippen LogP contribution in [0.4, 0.5) is 0 Å². The molecule has 0 aromatic heterocycles. The minimum absolute atomic E-state index is 0.0715. The molecule has 6 heteroatoms. The maximum atomic E-state index is 11.1. The van der Waals surface area contributed by atoms with Gasteiger partial charge in [0.25, 0.3) is 0 Å². The number of halogens is 3. The minimum atomic E-state index is -1.06. The summed E-state index contributed by atoms with van der Waals surface area (Å²) in [5, 5.41) is 9.51. The van der Waals surface area contributed by atoms with Crippen LogP contribution in [0, 0.1) is 0 Å². The third kappa shape index (κ3) is 3.49. The van der Waals surface area contributed by atoms with E-state index in [2.05, 4.69) is 31.9 Å². The van der Waals surface area contributed by atoms with Crippen LogP contribution < -0.4 is 4.74 Å². The first-order valence-electron chi connectivity index (χ1n) is 5.13. The van der Waals surface area contributed by atoms with E-state index in [1.807, 2.05) is 0 Å². The lowest BCUT2D eigenvalue weighted by molar-refractivity contribution is 0.0694. The molecule has 0 spiro atoms. The number of benzene rings is 2. The fraction of sp³-hybridized carbons (Fsp3) is 0. The summed E-state index contributed by atoms with van der Waals surface area (Å²) in [6, 6.07) is 9.80. The van der Waals surface area contributed by atoms with Gasteiger partial charge in [-0.1, -0.05) is 43.5 Å². The Hall–Kier alpha value is -1.04. The number of hydrogen-bond donors (Lipinski definition) is 1. The van der Waals surface area contributed by atoms with Crippen molar-refractivity contribution in [2.75, 3.05) is 0 Å². The molecule has 0 amide bonds. The summed E-state index contributed by atoms with van der Waals surface area (Å²) < 4.78 is 7.11. The van der Waals surface area contributed by atoms with E-state index in [1.54, 1.807) is 30.3 Å². The SMILES string of the molecule is O=C(O)c1ccc(Br)cc1Oc1ccc(Br)cc1Cl. The zero-order valence-electron chi connectivity index (χ0n) is 9.36. The molecule has 2 rings (SSSR count). The Kier molecular flexibility index (Phi) is 4.50. The number of carboxylic acids is 1. The first kappa shape index (κ1) is 14.4. The van der Waals surface area contributed by atoms with Crippen LogP contribution in [0.25, 0.3) is 0 Å². The minimum Gasteiger partial charge on any atom is -0.478 e. The summed E-state index contributed by atoms with van der Waals surface area (Å²) in [7, 11) is 0. The number of rotatable bonds is 3. The highest BCUT2D eigenvalue weighted by Gasteiger charge is 2.14. The first-order chi connectivity index (χ1) is 8.97. The van der Waals surface area contributed by atoms with Crippen LogP contribution >= 0.6 is 43.5 Å². The lowest BCUT2D eigenvalue weighted by atomic mass is 10.2. The Morgan fingerprint density at radius 3 is 2.32 bits per heavy atom. The average Bonchev–Trinajstić information content (AvgIpc) is 2.32. The summed E-state index contributed by atoms with van der Waals surface area (Å²) in [6.45, 7) is 0. The molecule has 0 unspecified atom stereocenters. The number of hydrogen-bond acceptors (Lipinski definition) is 2. The molecular weight excluding hydrogens is 399 g/mol. The second-order valence-corrected chi connectivity index (χ2v) is 5.86. The monoisotopic (exact) mass is 404 g/mol. The maximum Gasteiger partial charge on any atom is 0.339 e. The van der Waals surface area contributed by atoms with Gasteiger partial charge < -0.3 is 9.84 Å². The van der Waals surface area contributed by atoms with E-state index >= 15 is 0 Å². The zero-order chi connectivity index (χ0) is 14.0. The Morgan fingerprint density at radius 1 is 1.05 bits per heavy atom. The lowest BCUT2D eigenvalue weighted by Crippen LogP contribution is -2.00. The number of aromatic carboxylic acids is 1. The van der Waals surface area contributed by atoms with Gasteiger partial charge in [0.2, 0.25) is 0 Å². The molecule has 2 aromatic rings. The molecule has 0 radical (unpaired) electrons. The molecule has 0 aliphatic rings. The van der Waals surface area contributed by atoms with Crippen LogP contribution in [0.3, 0.4) is 0 Å². The van der Waals surface area contributed by atoms with Crippen molar-refractivity contribution < 1.29 is 14.6 Å². The zero-order valence-corrected chi connectivity index (χ0v) is 13.3. The predicted octanol–water partition coefficient (Wildman–Crippen LogP) is 5.36. The van der Waals surface area contributed by atoms with Crippen molar-refractivity contribution in [3.05, 3.63) is 55.9 Å². The largest absolute Gasteiger partial charge is 0.478 e. The van der Waals surface area contributed by atoms with Crippen molar-refractivity contribution in [2.45, 2.75) is 0 Å². The van der Waals surface area contributed by atoms with Crippen LogP contribution in [0.2, 0.25) is 5.02 Å². The molecule has 2 aromatic carbocycles. The van der Waals surface area contributed by atoms with Crippen LogP contribution in [0.5, 0.6) is 11.5 Å². The van der Waals surface area contributed by atoms with Gasteiger partial charge in [-0.15, -0.1) is 0 Å². The van der Waals surface area contributed by atoms with E-state index in [0.29, 0.717) is 10.8 Å². The summed E-state index contributed by atoms with van der Waals surface area (Å²) in [5.74, 6) is -0.438. The van der Waals surface area contributed by atoms with E-state index in [4.69, 9.17) is 21.4 Å². The number of carboxylic acid groups (broad SMARTS) is 1. The molecule has 0 aliphatic heterocycles. The van der Waals surface area contributed by atoms with Gasteiger partial charge in [-0.2, -0.15) is 0 Å². The Bertz CT molecular complexity index is 644. The van der Waals surface area contributed by atoms with E-state index in [1.165, 1.54) is 6.07 Å². The molecule has 0 saturated heterocycles. The molecule has 0 aliphatic carbocycles. The topological polar surface area (TPSA) is 46.5 Å². The van der Waals surface area contributed by atoms with Gasteiger partial charge in [0.15, 0.2) is 0 Å². The third-order valence-electron chi connectivity index (χ3n) is 2.29. The molecule has 19 heavy (non-hydrogen) atoms. The maximum absolute atomic E-state index is 11.1. The molecule has 0 saturated carbocycles. The summed E-state index contributed by atoms with van der Waals surface area (Å²) in [4.78, 5) is 11.1. The number of carbonyl (C=O) groups is 1. The van der Waals surface area contributed by atoms with Gasteiger partial charge >= 0.3 is 5.97 Å². The molecule has 0 fully saturated rings. The average molecular weight is 406 g/mol. The Balaban J connectivity index is 2.42. The van der Waals surface area contributed by atoms with Gasteiger partial charge in [-0.25, -0.2) is 4.79 Å². The van der Waals surface area contributed by atoms with E-state index in [-0.39, 0.29) is 11.3 Å². The van der Waals surface area contributed by atoms with Crippen molar-refractivity contribution in [3.63, 3.8) is 0 Å². The lowest BCUT2D eigenvalue weighted by Gasteiger charge is -2.10. The fourth-order valence-corrected chi connectivity index (χ4v) is 2.49. The molecule has 98 valence electrons. The smallest absolute Gasteiger partial charge is 0.339 e. The normalized spacial score (nSPS) is 10.3. The van der Waals surface area contributed by atoms with Crippen molar-refractivity contribution in [1.82, 2.24) is 0 Å². The summed E-state index contributed by atoms with van der Waals surface area (Å²) >= 11 is 12.6. The molecule has 3 nitrogen and oxygen atoms in total. The molecular formula is C13H7Br2ClO3.